The summed E-state index contributed by atoms with van der Waals surface area (Å²) in [5, 5.41) is 28.4. The molecule has 2 rings (SSSR count). The molecule has 0 amide bonds. The summed E-state index contributed by atoms with van der Waals surface area (Å²) in [6.07, 6.45) is 28.1. The zero-order chi connectivity index (χ0) is 31.5. The van der Waals surface area contributed by atoms with E-state index in [-0.39, 0.29) is 5.69 Å². The molecule has 0 unspecified atom stereocenters. The van der Waals surface area contributed by atoms with Gasteiger partial charge in [0.05, 0.1) is 28.8 Å². The first-order valence-corrected chi connectivity index (χ1v) is 17.5. The van der Waals surface area contributed by atoms with E-state index < -0.39 is 4.92 Å². The molecule has 0 aliphatic heterocycles. The number of hydrogen-bond acceptors (Lipinski definition) is 6. The Hall–Kier alpha value is -3.27. The quantitative estimate of drug-likeness (QED) is 0.0439. The van der Waals surface area contributed by atoms with Gasteiger partial charge in [0.1, 0.15) is 0 Å². The highest BCUT2D eigenvalue weighted by Gasteiger charge is 2.07. The SMILES string of the molecule is CCCCCCCCCCCCCCCCCCCCCCN(CCC#N)c1ccc(N=Nc2ccc([N+](=O)[O-])cc2)cc1. The first-order chi connectivity index (χ1) is 21.6. The fourth-order valence-electron chi connectivity index (χ4n) is 5.60. The van der Waals surface area contributed by atoms with Gasteiger partial charge < -0.3 is 4.90 Å². The van der Waals surface area contributed by atoms with E-state index in [0.29, 0.717) is 17.8 Å². The van der Waals surface area contributed by atoms with E-state index >= 15 is 0 Å². The minimum Gasteiger partial charge on any atom is -0.371 e. The lowest BCUT2D eigenvalue weighted by atomic mass is 10.0. The van der Waals surface area contributed by atoms with E-state index in [4.69, 9.17) is 5.26 Å². The Morgan fingerprint density at radius 2 is 1.00 bits per heavy atom. The third-order valence-corrected chi connectivity index (χ3v) is 8.33. The van der Waals surface area contributed by atoms with Crippen molar-refractivity contribution in [1.82, 2.24) is 0 Å². The van der Waals surface area contributed by atoms with Crippen molar-refractivity contribution >= 4 is 22.7 Å². The fourth-order valence-corrected chi connectivity index (χ4v) is 5.60. The molecule has 0 aliphatic rings. The predicted molar refractivity (Wildman–Crippen MR) is 184 cm³/mol. The van der Waals surface area contributed by atoms with E-state index in [0.717, 1.165) is 25.2 Å². The van der Waals surface area contributed by atoms with Crippen molar-refractivity contribution in [3.05, 3.63) is 58.6 Å². The van der Waals surface area contributed by atoms with E-state index in [1.165, 1.54) is 134 Å². The smallest absolute Gasteiger partial charge is 0.269 e. The average molecular weight is 604 g/mol. The molecule has 0 atom stereocenters. The summed E-state index contributed by atoms with van der Waals surface area (Å²) in [5.41, 5.74) is 2.40. The Labute approximate surface area is 267 Å². The number of rotatable bonds is 27. The number of non-ortho nitro benzene ring substituents is 1. The number of hydrogen-bond donors (Lipinski definition) is 0. The average Bonchev–Trinajstić information content (AvgIpc) is 3.04. The van der Waals surface area contributed by atoms with Crippen molar-refractivity contribution < 1.29 is 4.92 Å². The molecule has 0 fully saturated rings. The number of azo groups is 1. The van der Waals surface area contributed by atoms with Gasteiger partial charge in [0, 0.05) is 30.9 Å². The van der Waals surface area contributed by atoms with Crippen LogP contribution in [0, 0.1) is 21.4 Å². The van der Waals surface area contributed by atoms with Gasteiger partial charge in [-0.15, -0.1) is 0 Å². The van der Waals surface area contributed by atoms with Crippen molar-refractivity contribution in [1.29, 1.82) is 5.26 Å². The van der Waals surface area contributed by atoms with Crippen LogP contribution >= 0.6 is 0 Å². The number of nitrogens with zero attached hydrogens (tertiary/aromatic N) is 5. The van der Waals surface area contributed by atoms with Gasteiger partial charge >= 0.3 is 0 Å². The van der Waals surface area contributed by atoms with Gasteiger partial charge in [0.25, 0.3) is 5.69 Å². The molecule has 0 bridgehead atoms. The van der Waals surface area contributed by atoms with Crippen LogP contribution < -0.4 is 4.90 Å². The number of nitriles is 1. The Morgan fingerprint density at radius 3 is 1.39 bits per heavy atom. The maximum absolute atomic E-state index is 10.8. The summed E-state index contributed by atoms with van der Waals surface area (Å²) in [4.78, 5) is 12.7. The van der Waals surface area contributed by atoms with E-state index in [1.54, 1.807) is 12.1 Å². The Balaban J connectivity index is 1.51. The largest absolute Gasteiger partial charge is 0.371 e. The van der Waals surface area contributed by atoms with E-state index in [1.807, 2.05) is 24.3 Å². The van der Waals surface area contributed by atoms with Crippen molar-refractivity contribution in [2.45, 2.75) is 142 Å². The Kier molecular flexibility index (Phi) is 21.1. The van der Waals surface area contributed by atoms with Gasteiger partial charge in [-0.3, -0.25) is 10.1 Å². The molecule has 0 spiro atoms. The van der Waals surface area contributed by atoms with Gasteiger partial charge in [0.15, 0.2) is 0 Å². The van der Waals surface area contributed by atoms with Crippen LogP contribution in [0.1, 0.15) is 142 Å². The Bertz CT molecular complexity index is 1060. The van der Waals surface area contributed by atoms with Gasteiger partial charge in [0.2, 0.25) is 0 Å². The molecule has 7 heteroatoms. The molecule has 0 N–H and O–H groups in total. The second-order valence-electron chi connectivity index (χ2n) is 12.1. The highest BCUT2D eigenvalue weighted by atomic mass is 16.6. The highest BCUT2D eigenvalue weighted by molar-refractivity contribution is 5.53. The molecular formula is C37H57N5O2. The van der Waals surface area contributed by atoms with Crippen molar-refractivity contribution in [2.24, 2.45) is 10.2 Å². The van der Waals surface area contributed by atoms with Gasteiger partial charge in [-0.1, -0.05) is 129 Å². The third-order valence-electron chi connectivity index (χ3n) is 8.33. The number of unbranched alkanes of at least 4 members (excludes halogenated alkanes) is 19. The summed E-state index contributed by atoms with van der Waals surface area (Å²) in [6, 6.07) is 16.2. The molecule has 0 radical (unpaired) electrons. The lowest BCUT2D eigenvalue weighted by molar-refractivity contribution is -0.384. The zero-order valence-electron chi connectivity index (χ0n) is 27.4. The molecule has 0 saturated carbocycles. The summed E-state index contributed by atoms with van der Waals surface area (Å²) in [6.45, 7) is 3.96. The fraction of sp³-hybridized carbons (Fsp3) is 0.649. The van der Waals surface area contributed by atoms with Crippen LogP contribution in [0.2, 0.25) is 0 Å². The first kappa shape index (κ1) is 36.9. The van der Waals surface area contributed by atoms with Gasteiger partial charge in [-0.05, 0) is 42.8 Å². The molecule has 0 aromatic heterocycles. The molecular weight excluding hydrogens is 546 g/mol. The standard InChI is InChI=1S/C37H57N5O2/c1-2-3-4-5-6-7-8-9-10-11-12-13-14-15-16-17-18-19-20-21-32-41(33-22-31-38)36-27-23-34(24-28-36)39-40-35-25-29-37(30-26-35)42(43)44/h23-30H,2-22,32-33H2,1H3. The van der Waals surface area contributed by atoms with Crippen LogP contribution in [0.3, 0.4) is 0 Å². The topological polar surface area (TPSA) is 94.9 Å². The molecule has 242 valence electrons. The maximum atomic E-state index is 10.8. The lowest BCUT2D eigenvalue weighted by Gasteiger charge is -2.24. The third kappa shape index (κ3) is 17.8. The van der Waals surface area contributed by atoms with Gasteiger partial charge in [-0.2, -0.15) is 15.5 Å². The lowest BCUT2D eigenvalue weighted by Crippen LogP contribution is -2.25. The normalized spacial score (nSPS) is 11.2. The second kappa shape index (κ2) is 25.1. The molecule has 2 aromatic carbocycles. The van der Waals surface area contributed by atoms with Crippen LogP contribution in [0.25, 0.3) is 0 Å². The summed E-state index contributed by atoms with van der Waals surface area (Å²) in [7, 11) is 0. The zero-order valence-corrected chi connectivity index (χ0v) is 27.4. The minimum absolute atomic E-state index is 0.0333. The monoisotopic (exact) mass is 603 g/mol. The number of nitro groups is 1. The van der Waals surface area contributed by atoms with Crippen LogP contribution in [-0.2, 0) is 0 Å². The van der Waals surface area contributed by atoms with E-state index in [9.17, 15) is 10.1 Å². The molecule has 2 aromatic rings. The van der Waals surface area contributed by atoms with Gasteiger partial charge in [-0.25, -0.2) is 0 Å². The van der Waals surface area contributed by atoms with Crippen LogP contribution in [0.4, 0.5) is 22.7 Å². The minimum atomic E-state index is -0.431. The van der Waals surface area contributed by atoms with Crippen molar-refractivity contribution in [3.8, 4) is 6.07 Å². The molecule has 0 saturated heterocycles. The number of nitro benzene ring substituents is 1. The second-order valence-corrected chi connectivity index (χ2v) is 12.1. The van der Waals surface area contributed by atoms with E-state index in [2.05, 4.69) is 28.1 Å². The predicted octanol–water partition coefficient (Wildman–Crippen LogP) is 12.6. The number of benzene rings is 2. The summed E-state index contributed by atoms with van der Waals surface area (Å²) < 4.78 is 0. The van der Waals surface area contributed by atoms with Crippen LogP contribution in [0.5, 0.6) is 0 Å². The highest BCUT2D eigenvalue weighted by Crippen LogP contribution is 2.24. The Morgan fingerprint density at radius 1 is 0.614 bits per heavy atom. The van der Waals surface area contributed by atoms with Crippen molar-refractivity contribution in [2.75, 3.05) is 18.0 Å². The van der Waals surface area contributed by atoms with Crippen LogP contribution in [0.15, 0.2) is 58.8 Å². The summed E-state index contributed by atoms with van der Waals surface area (Å²) in [5.74, 6) is 0. The first-order valence-electron chi connectivity index (χ1n) is 17.5. The maximum Gasteiger partial charge on any atom is 0.269 e. The van der Waals surface area contributed by atoms with Crippen LogP contribution in [-0.4, -0.2) is 18.0 Å². The molecule has 0 heterocycles. The summed E-state index contributed by atoms with van der Waals surface area (Å²) >= 11 is 0. The van der Waals surface area contributed by atoms with Crippen molar-refractivity contribution in [3.63, 3.8) is 0 Å². The molecule has 7 nitrogen and oxygen atoms in total. The molecule has 44 heavy (non-hydrogen) atoms. The molecule has 0 aliphatic carbocycles. The number of anilines is 1.